The van der Waals surface area contributed by atoms with E-state index in [1.54, 1.807) is 6.07 Å². The van der Waals surface area contributed by atoms with Gasteiger partial charge < -0.3 is 21.7 Å². The van der Waals surface area contributed by atoms with Crippen LogP contribution in [0, 0.1) is 4.91 Å². The average molecular weight is 399 g/mol. The number of nitrogens with two attached hydrogens (primary N) is 1. The molecule has 9 nitrogen and oxygen atoms in total. The summed E-state index contributed by atoms with van der Waals surface area (Å²) >= 11 is 0. The van der Waals surface area contributed by atoms with Gasteiger partial charge in [-0.3, -0.25) is 5.32 Å². The van der Waals surface area contributed by atoms with Crippen molar-refractivity contribution in [2.24, 2.45) is 10.9 Å². The molecule has 0 unspecified atom stereocenters. The van der Waals surface area contributed by atoms with Crippen LogP contribution in [0.2, 0.25) is 0 Å². The molecule has 1 aromatic rings. The summed E-state index contributed by atoms with van der Waals surface area (Å²) in [6.07, 6.45) is 8.95. The lowest BCUT2D eigenvalue weighted by Crippen LogP contribution is -2.36. The molecular weight excluding hydrogens is 370 g/mol. The van der Waals surface area contributed by atoms with Crippen LogP contribution in [-0.2, 0) is 0 Å². The van der Waals surface area contributed by atoms with E-state index in [1.165, 1.54) is 12.8 Å². The minimum absolute atomic E-state index is 0.214. The van der Waals surface area contributed by atoms with Gasteiger partial charge in [0, 0.05) is 31.9 Å². The van der Waals surface area contributed by atoms with Crippen molar-refractivity contribution in [3.63, 3.8) is 0 Å². The third-order valence-corrected chi connectivity index (χ3v) is 5.12. The first-order chi connectivity index (χ1) is 14.2. The summed E-state index contributed by atoms with van der Waals surface area (Å²) in [7, 11) is 0. The number of carbonyl (C=O) groups is 1. The van der Waals surface area contributed by atoms with Gasteiger partial charge in [-0.15, -0.1) is 0 Å². The standard InChI is InChI=1S/C20H29N7O2/c21-11-15(12-22-8-3-9-24-29)14-10-18-17(23-13-14)6-7-19(26-18)27-20(28)25-16-4-1-2-5-16/h6-7,10,12,16,22-23H,1-5,8-9,11,13,21H2,(H2,25,26,27,28)/b15-12+. The highest BCUT2D eigenvalue weighted by atomic mass is 16.3. The molecule has 0 atom stereocenters. The predicted molar refractivity (Wildman–Crippen MR) is 116 cm³/mol. The van der Waals surface area contributed by atoms with Crippen molar-refractivity contribution in [1.82, 2.24) is 15.6 Å². The number of aromatic nitrogens is 1. The van der Waals surface area contributed by atoms with Gasteiger partial charge in [0.1, 0.15) is 5.82 Å². The minimum atomic E-state index is -0.214. The summed E-state index contributed by atoms with van der Waals surface area (Å²) in [5, 5.41) is 15.2. The molecule has 1 aromatic heterocycles. The van der Waals surface area contributed by atoms with E-state index < -0.39 is 0 Å². The van der Waals surface area contributed by atoms with E-state index in [1.807, 2.05) is 18.3 Å². The van der Waals surface area contributed by atoms with Crippen LogP contribution in [-0.4, -0.2) is 43.2 Å². The smallest absolute Gasteiger partial charge is 0.320 e. The number of hydrogen-bond donors (Lipinski definition) is 5. The SMILES string of the molecule is NC/C(=C\NCCCN=O)C1=Cc2nc(NC(=O)NC3CCCC3)ccc2NC1. The number of nitrogens with zero attached hydrogens (tertiary/aromatic N) is 2. The van der Waals surface area contributed by atoms with Gasteiger partial charge in [-0.05, 0) is 48.6 Å². The molecule has 2 heterocycles. The van der Waals surface area contributed by atoms with Gasteiger partial charge in [0.25, 0.3) is 0 Å². The number of urea groups is 1. The molecular formula is C20H29N7O2. The van der Waals surface area contributed by atoms with Crippen LogP contribution in [0.4, 0.5) is 16.3 Å². The summed E-state index contributed by atoms with van der Waals surface area (Å²) in [4.78, 5) is 26.9. The number of pyridine rings is 1. The predicted octanol–water partition coefficient (Wildman–Crippen LogP) is 2.54. The fourth-order valence-electron chi connectivity index (χ4n) is 3.55. The van der Waals surface area contributed by atoms with Gasteiger partial charge in [-0.2, -0.15) is 4.91 Å². The van der Waals surface area contributed by atoms with Crippen molar-refractivity contribution in [1.29, 1.82) is 0 Å². The molecule has 0 saturated heterocycles. The van der Waals surface area contributed by atoms with E-state index in [4.69, 9.17) is 5.73 Å². The fraction of sp³-hybridized carbons (Fsp3) is 0.500. The summed E-state index contributed by atoms with van der Waals surface area (Å²) in [5.74, 6) is 0.510. The summed E-state index contributed by atoms with van der Waals surface area (Å²) in [5.41, 5.74) is 9.57. The van der Waals surface area contributed by atoms with Crippen LogP contribution < -0.4 is 27.0 Å². The maximum Gasteiger partial charge on any atom is 0.320 e. The molecule has 0 spiro atoms. The second-order valence-corrected chi connectivity index (χ2v) is 7.27. The molecule has 1 saturated carbocycles. The topological polar surface area (TPSA) is 134 Å². The second-order valence-electron chi connectivity index (χ2n) is 7.27. The first-order valence-electron chi connectivity index (χ1n) is 10.1. The van der Waals surface area contributed by atoms with Crippen molar-refractivity contribution in [2.45, 2.75) is 38.1 Å². The van der Waals surface area contributed by atoms with E-state index in [2.05, 4.69) is 31.4 Å². The molecule has 1 aliphatic carbocycles. The van der Waals surface area contributed by atoms with Crippen LogP contribution in [0.15, 0.2) is 34.7 Å². The quantitative estimate of drug-likeness (QED) is 0.320. The van der Waals surface area contributed by atoms with E-state index in [-0.39, 0.29) is 12.1 Å². The fourth-order valence-corrected chi connectivity index (χ4v) is 3.55. The first kappa shape index (κ1) is 20.8. The summed E-state index contributed by atoms with van der Waals surface area (Å²) in [6, 6.07) is 3.75. The molecule has 1 aliphatic heterocycles. The Morgan fingerprint density at radius 2 is 2.17 bits per heavy atom. The number of fused-ring (bicyclic) bond motifs is 1. The normalized spacial score (nSPS) is 16.4. The number of amides is 2. The molecule has 1 fully saturated rings. The Kier molecular flexibility index (Phi) is 7.57. The third kappa shape index (κ3) is 6.02. The largest absolute Gasteiger partial charge is 0.391 e. The van der Waals surface area contributed by atoms with Crippen molar-refractivity contribution < 1.29 is 4.79 Å². The summed E-state index contributed by atoms with van der Waals surface area (Å²) in [6.45, 7) is 1.98. The second kappa shape index (κ2) is 10.6. The van der Waals surface area contributed by atoms with Gasteiger partial charge in [-0.25, -0.2) is 9.78 Å². The lowest BCUT2D eigenvalue weighted by atomic mass is 10.0. The maximum absolute atomic E-state index is 12.2. The Morgan fingerprint density at radius 1 is 1.34 bits per heavy atom. The Hall–Kier alpha value is -2.94. The highest BCUT2D eigenvalue weighted by molar-refractivity contribution is 5.89. The molecule has 29 heavy (non-hydrogen) atoms. The maximum atomic E-state index is 12.2. The van der Waals surface area contributed by atoms with Crippen LogP contribution in [0.3, 0.4) is 0 Å². The van der Waals surface area contributed by atoms with Crippen LogP contribution in [0.1, 0.15) is 37.8 Å². The highest BCUT2D eigenvalue weighted by Gasteiger charge is 2.18. The zero-order valence-electron chi connectivity index (χ0n) is 16.5. The molecule has 6 N–H and O–H groups in total. The zero-order chi connectivity index (χ0) is 20.5. The first-order valence-corrected chi connectivity index (χ1v) is 10.1. The van der Waals surface area contributed by atoms with Crippen LogP contribution >= 0.6 is 0 Å². The molecule has 0 radical (unpaired) electrons. The number of rotatable bonds is 9. The number of anilines is 2. The zero-order valence-corrected chi connectivity index (χ0v) is 16.5. The number of nitrogens with one attached hydrogen (secondary N) is 4. The van der Waals surface area contributed by atoms with Gasteiger partial charge in [0.2, 0.25) is 0 Å². The molecule has 2 amide bonds. The monoisotopic (exact) mass is 399 g/mol. The molecule has 0 bridgehead atoms. The Morgan fingerprint density at radius 3 is 2.93 bits per heavy atom. The Balaban J connectivity index is 1.64. The van der Waals surface area contributed by atoms with Gasteiger partial charge in [0.05, 0.1) is 17.9 Å². The van der Waals surface area contributed by atoms with E-state index in [9.17, 15) is 9.70 Å². The number of hydrogen-bond acceptors (Lipinski definition) is 7. The lowest BCUT2D eigenvalue weighted by Gasteiger charge is -2.20. The number of nitroso groups, excluding NO2 is 1. The Labute approximate surface area is 170 Å². The molecule has 9 heteroatoms. The van der Waals surface area contributed by atoms with Crippen molar-refractivity contribution in [3.05, 3.63) is 40.1 Å². The molecule has 3 rings (SSSR count). The minimum Gasteiger partial charge on any atom is -0.391 e. The van der Waals surface area contributed by atoms with Crippen molar-refractivity contribution in [3.8, 4) is 0 Å². The Bertz CT molecular complexity index is 785. The van der Waals surface area contributed by atoms with E-state index in [0.717, 1.165) is 35.4 Å². The molecule has 156 valence electrons. The average Bonchev–Trinajstić information content (AvgIpc) is 3.23. The molecule has 2 aliphatic rings. The van der Waals surface area contributed by atoms with Gasteiger partial charge in [0.15, 0.2) is 0 Å². The van der Waals surface area contributed by atoms with E-state index >= 15 is 0 Å². The van der Waals surface area contributed by atoms with Crippen molar-refractivity contribution >= 4 is 23.6 Å². The van der Waals surface area contributed by atoms with Gasteiger partial charge in [-0.1, -0.05) is 18.0 Å². The highest BCUT2D eigenvalue weighted by Crippen LogP contribution is 2.26. The van der Waals surface area contributed by atoms with Crippen LogP contribution in [0.5, 0.6) is 0 Å². The summed E-state index contributed by atoms with van der Waals surface area (Å²) < 4.78 is 0. The lowest BCUT2D eigenvalue weighted by molar-refractivity contribution is 0.248. The molecule has 0 aromatic carbocycles. The van der Waals surface area contributed by atoms with Gasteiger partial charge >= 0.3 is 6.03 Å². The van der Waals surface area contributed by atoms with E-state index in [0.29, 0.717) is 38.4 Å². The van der Waals surface area contributed by atoms with Crippen molar-refractivity contribution in [2.75, 3.05) is 36.8 Å². The van der Waals surface area contributed by atoms with Crippen LogP contribution in [0.25, 0.3) is 6.08 Å². The number of carbonyl (C=O) groups excluding carboxylic acids is 1. The third-order valence-electron chi connectivity index (χ3n) is 5.12.